The van der Waals surface area contributed by atoms with Gasteiger partial charge in [0.25, 0.3) is 0 Å². The molecule has 2 atom stereocenters. The molecule has 1 saturated heterocycles. The average Bonchev–Trinajstić information content (AvgIpc) is 3.15. The molecule has 0 bridgehead atoms. The molecule has 0 amide bonds. The van der Waals surface area contributed by atoms with Crippen LogP contribution in [-0.4, -0.2) is 45.6 Å². The quantitative estimate of drug-likeness (QED) is 0.881. The van der Waals surface area contributed by atoms with Crippen LogP contribution < -0.4 is 4.74 Å². The molecule has 0 radical (unpaired) electrons. The lowest BCUT2D eigenvalue weighted by atomic mass is 10.1. The third kappa shape index (κ3) is 4.25. The van der Waals surface area contributed by atoms with Gasteiger partial charge < -0.3 is 9.84 Å². The standard InChI is InChI=1S/C17H22ClN3O2/c1-20-10-13(9-19-20)17-3-2-8-21(17)11-15(22)12-23-16-6-4-14(18)5-7-16/h4-7,9-10,15,17,22H,2-3,8,11-12H2,1H3/t15-,17-/m0/s1. The number of hydrogen-bond donors (Lipinski definition) is 1. The summed E-state index contributed by atoms with van der Waals surface area (Å²) in [6, 6.07) is 7.52. The summed E-state index contributed by atoms with van der Waals surface area (Å²) >= 11 is 5.85. The highest BCUT2D eigenvalue weighted by molar-refractivity contribution is 6.30. The third-order valence-corrected chi connectivity index (χ3v) is 4.43. The van der Waals surface area contributed by atoms with E-state index >= 15 is 0 Å². The molecule has 6 heteroatoms. The fraction of sp³-hybridized carbons (Fsp3) is 0.471. The molecule has 23 heavy (non-hydrogen) atoms. The van der Waals surface area contributed by atoms with Crippen molar-refractivity contribution in [3.8, 4) is 5.75 Å². The second-order valence-electron chi connectivity index (χ2n) is 6.02. The Morgan fingerprint density at radius 1 is 1.39 bits per heavy atom. The number of ether oxygens (including phenoxy) is 1. The van der Waals surface area contributed by atoms with Crippen molar-refractivity contribution >= 4 is 11.6 Å². The van der Waals surface area contributed by atoms with E-state index in [1.807, 2.05) is 30.1 Å². The number of benzene rings is 1. The molecule has 5 nitrogen and oxygen atoms in total. The van der Waals surface area contributed by atoms with Crippen LogP contribution in [0.5, 0.6) is 5.75 Å². The normalized spacial score (nSPS) is 19.9. The smallest absolute Gasteiger partial charge is 0.119 e. The zero-order valence-electron chi connectivity index (χ0n) is 13.2. The molecule has 1 fully saturated rings. The van der Waals surface area contributed by atoms with Crippen molar-refractivity contribution in [3.05, 3.63) is 47.2 Å². The van der Waals surface area contributed by atoms with Gasteiger partial charge in [0.05, 0.1) is 6.20 Å². The summed E-state index contributed by atoms with van der Waals surface area (Å²) in [4.78, 5) is 2.31. The largest absolute Gasteiger partial charge is 0.491 e. The zero-order valence-corrected chi connectivity index (χ0v) is 14.0. The van der Waals surface area contributed by atoms with Crippen LogP contribution >= 0.6 is 11.6 Å². The first kappa shape index (κ1) is 16.3. The maximum absolute atomic E-state index is 10.3. The fourth-order valence-electron chi connectivity index (χ4n) is 3.08. The highest BCUT2D eigenvalue weighted by atomic mass is 35.5. The molecule has 2 aromatic rings. The maximum atomic E-state index is 10.3. The minimum Gasteiger partial charge on any atom is -0.491 e. The molecule has 0 spiro atoms. The molecule has 1 aliphatic heterocycles. The van der Waals surface area contributed by atoms with Crippen LogP contribution in [0.15, 0.2) is 36.7 Å². The number of nitrogens with zero attached hydrogens (tertiary/aromatic N) is 3. The van der Waals surface area contributed by atoms with Crippen LogP contribution in [0.2, 0.25) is 5.02 Å². The van der Waals surface area contributed by atoms with Crippen molar-refractivity contribution in [2.75, 3.05) is 19.7 Å². The van der Waals surface area contributed by atoms with Crippen molar-refractivity contribution in [2.24, 2.45) is 7.05 Å². The topological polar surface area (TPSA) is 50.5 Å². The molecule has 1 N–H and O–H groups in total. The fourth-order valence-corrected chi connectivity index (χ4v) is 3.21. The predicted octanol–water partition coefficient (Wildman–Crippen LogP) is 2.65. The van der Waals surface area contributed by atoms with E-state index in [1.165, 1.54) is 5.56 Å². The molecular weight excluding hydrogens is 314 g/mol. The molecule has 0 aliphatic carbocycles. The number of aryl methyl sites for hydroxylation is 1. The van der Waals surface area contributed by atoms with Gasteiger partial charge in [0.2, 0.25) is 0 Å². The summed E-state index contributed by atoms with van der Waals surface area (Å²) in [6.07, 6.45) is 5.70. The second-order valence-corrected chi connectivity index (χ2v) is 6.46. The van der Waals surface area contributed by atoms with Gasteiger partial charge in [-0.2, -0.15) is 5.10 Å². The average molecular weight is 336 g/mol. The SMILES string of the molecule is Cn1cc([C@@H]2CCCN2C[C@H](O)COc2ccc(Cl)cc2)cn1. The van der Waals surface area contributed by atoms with E-state index in [1.54, 1.807) is 12.1 Å². The Balaban J connectivity index is 1.52. The van der Waals surface area contributed by atoms with E-state index in [-0.39, 0.29) is 6.61 Å². The lowest BCUT2D eigenvalue weighted by molar-refractivity contribution is 0.0638. The predicted molar refractivity (Wildman–Crippen MR) is 89.7 cm³/mol. The minimum absolute atomic E-state index is 0.276. The first-order chi connectivity index (χ1) is 11.1. The van der Waals surface area contributed by atoms with Gasteiger partial charge in [-0.1, -0.05) is 11.6 Å². The number of likely N-dealkylation sites (tertiary alicyclic amines) is 1. The maximum Gasteiger partial charge on any atom is 0.119 e. The summed E-state index contributed by atoms with van der Waals surface area (Å²) in [5.41, 5.74) is 1.22. The van der Waals surface area contributed by atoms with Gasteiger partial charge >= 0.3 is 0 Å². The first-order valence-electron chi connectivity index (χ1n) is 7.91. The molecule has 124 valence electrons. The third-order valence-electron chi connectivity index (χ3n) is 4.17. The molecule has 0 saturated carbocycles. The monoisotopic (exact) mass is 335 g/mol. The summed E-state index contributed by atoms with van der Waals surface area (Å²) in [5, 5.41) is 15.2. The summed E-state index contributed by atoms with van der Waals surface area (Å²) in [7, 11) is 1.93. The summed E-state index contributed by atoms with van der Waals surface area (Å²) < 4.78 is 7.45. The van der Waals surface area contributed by atoms with Gasteiger partial charge in [0.1, 0.15) is 18.5 Å². The Kier molecular flexibility index (Phi) is 5.20. The van der Waals surface area contributed by atoms with E-state index < -0.39 is 6.10 Å². The van der Waals surface area contributed by atoms with Crippen LogP contribution in [0.3, 0.4) is 0 Å². The Labute approximate surface area is 141 Å². The minimum atomic E-state index is -0.525. The second kappa shape index (κ2) is 7.34. The first-order valence-corrected chi connectivity index (χ1v) is 8.28. The van der Waals surface area contributed by atoms with Crippen molar-refractivity contribution < 1.29 is 9.84 Å². The highest BCUT2D eigenvalue weighted by Crippen LogP contribution is 2.31. The van der Waals surface area contributed by atoms with E-state index in [4.69, 9.17) is 16.3 Å². The van der Waals surface area contributed by atoms with Crippen LogP contribution in [0.4, 0.5) is 0 Å². The van der Waals surface area contributed by atoms with Gasteiger partial charge in [-0.15, -0.1) is 0 Å². The number of aromatic nitrogens is 2. The van der Waals surface area contributed by atoms with Gasteiger partial charge in [-0.3, -0.25) is 9.58 Å². The van der Waals surface area contributed by atoms with E-state index in [0.717, 1.165) is 25.1 Å². The Bertz CT molecular complexity index is 629. The molecule has 1 aromatic heterocycles. The number of halogens is 1. The van der Waals surface area contributed by atoms with Gasteiger partial charge in [-0.25, -0.2) is 0 Å². The number of hydrogen-bond acceptors (Lipinski definition) is 4. The zero-order chi connectivity index (χ0) is 16.2. The number of aliphatic hydroxyl groups excluding tert-OH is 1. The molecule has 1 aliphatic rings. The summed E-state index contributed by atoms with van der Waals surface area (Å²) in [6.45, 7) is 1.88. The Morgan fingerprint density at radius 3 is 2.87 bits per heavy atom. The number of β-amino-alcohol motifs (C(OH)–C–C–N with tert-alkyl or cyclic N) is 1. The van der Waals surface area contributed by atoms with Crippen LogP contribution in [-0.2, 0) is 7.05 Å². The molecule has 3 rings (SSSR count). The van der Waals surface area contributed by atoms with Gasteiger partial charge in [0, 0.05) is 36.4 Å². The van der Waals surface area contributed by atoms with E-state index in [9.17, 15) is 5.11 Å². The van der Waals surface area contributed by atoms with Gasteiger partial charge in [0.15, 0.2) is 0 Å². The number of aliphatic hydroxyl groups is 1. The lowest BCUT2D eigenvalue weighted by Gasteiger charge is -2.26. The molecule has 2 heterocycles. The molecular formula is C17H22ClN3O2. The highest BCUT2D eigenvalue weighted by Gasteiger charge is 2.28. The summed E-state index contributed by atoms with van der Waals surface area (Å²) in [5.74, 6) is 0.721. The lowest BCUT2D eigenvalue weighted by Crippen LogP contribution is -2.35. The number of rotatable bonds is 6. The van der Waals surface area contributed by atoms with Crippen LogP contribution in [0.25, 0.3) is 0 Å². The van der Waals surface area contributed by atoms with E-state index in [0.29, 0.717) is 17.6 Å². The van der Waals surface area contributed by atoms with Gasteiger partial charge in [-0.05, 0) is 43.7 Å². The Morgan fingerprint density at radius 2 is 2.17 bits per heavy atom. The van der Waals surface area contributed by atoms with Crippen molar-refractivity contribution in [3.63, 3.8) is 0 Å². The molecule has 0 unspecified atom stereocenters. The van der Waals surface area contributed by atoms with Crippen molar-refractivity contribution in [1.82, 2.24) is 14.7 Å². The van der Waals surface area contributed by atoms with E-state index in [2.05, 4.69) is 16.2 Å². The van der Waals surface area contributed by atoms with Crippen molar-refractivity contribution in [1.29, 1.82) is 0 Å². The molecule has 1 aromatic carbocycles. The van der Waals surface area contributed by atoms with Crippen LogP contribution in [0, 0.1) is 0 Å². The Hall–Kier alpha value is -1.56. The van der Waals surface area contributed by atoms with Crippen LogP contribution in [0.1, 0.15) is 24.4 Å². The van der Waals surface area contributed by atoms with Crippen molar-refractivity contribution in [2.45, 2.75) is 25.0 Å².